The molecular weight excluding hydrogens is 328 g/mol. The highest BCUT2D eigenvalue weighted by Gasteiger charge is 2.32. The van der Waals surface area contributed by atoms with E-state index in [4.69, 9.17) is 16.3 Å². The maximum Gasteiger partial charge on any atom is 0.253 e. The average Bonchev–Trinajstić information content (AvgIpc) is 2.59. The van der Waals surface area contributed by atoms with Crippen molar-refractivity contribution < 1.29 is 14.3 Å². The summed E-state index contributed by atoms with van der Waals surface area (Å²) in [5, 5.41) is 3.23. The molecule has 24 heavy (non-hydrogen) atoms. The summed E-state index contributed by atoms with van der Waals surface area (Å²) in [5.41, 5.74) is 0.381. The van der Waals surface area contributed by atoms with E-state index in [-0.39, 0.29) is 23.8 Å². The van der Waals surface area contributed by atoms with Crippen LogP contribution in [0, 0.1) is 5.92 Å². The van der Waals surface area contributed by atoms with Crippen LogP contribution in [-0.2, 0) is 9.53 Å². The number of carbonyl (C=O) groups excluding carboxylic acids is 2. The number of nitrogens with one attached hydrogen (secondary N) is 1. The zero-order valence-electron chi connectivity index (χ0n) is 14.4. The molecule has 132 valence electrons. The Morgan fingerprint density at radius 3 is 2.71 bits per heavy atom. The molecule has 5 nitrogen and oxygen atoms in total. The van der Waals surface area contributed by atoms with Crippen LogP contribution in [-0.4, -0.2) is 48.6 Å². The van der Waals surface area contributed by atoms with Crippen molar-refractivity contribution in [1.29, 1.82) is 0 Å². The highest BCUT2D eigenvalue weighted by Crippen LogP contribution is 2.17. The van der Waals surface area contributed by atoms with Crippen molar-refractivity contribution in [3.63, 3.8) is 0 Å². The molecule has 2 rings (SSSR count). The summed E-state index contributed by atoms with van der Waals surface area (Å²) in [4.78, 5) is 27.2. The molecule has 0 radical (unpaired) electrons. The summed E-state index contributed by atoms with van der Waals surface area (Å²) in [7, 11) is 0. The molecule has 2 atom stereocenters. The SMILES string of the molecule is CCC1CN(C(=O)C(NC(=O)c2ccccc2Cl)C(C)C)CCO1. The lowest BCUT2D eigenvalue weighted by atomic mass is 10.0. The molecule has 0 spiro atoms. The number of amides is 2. The maximum absolute atomic E-state index is 12.9. The Bertz CT molecular complexity index is 591. The van der Waals surface area contributed by atoms with Gasteiger partial charge in [-0.15, -0.1) is 0 Å². The highest BCUT2D eigenvalue weighted by molar-refractivity contribution is 6.33. The molecule has 6 heteroatoms. The number of rotatable bonds is 5. The molecule has 1 aromatic carbocycles. The van der Waals surface area contributed by atoms with E-state index in [1.807, 2.05) is 20.8 Å². The van der Waals surface area contributed by atoms with Crippen LogP contribution in [0.1, 0.15) is 37.6 Å². The summed E-state index contributed by atoms with van der Waals surface area (Å²) < 4.78 is 5.62. The quantitative estimate of drug-likeness (QED) is 0.886. The van der Waals surface area contributed by atoms with Gasteiger partial charge in [-0.25, -0.2) is 0 Å². The molecule has 1 fully saturated rings. The van der Waals surface area contributed by atoms with Gasteiger partial charge < -0.3 is 15.0 Å². The van der Waals surface area contributed by atoms with E-state index in [1.165, 1.54) is 0 Å². The van der Waals surface area contributed by atoms with Crippen molar-refractivity contribution >= 4 is 23.4 Å². The first kappa shape index (κ1) is 18.7. The van der Waals surface area contributed by atoms with E-state index >= 15 is 0 Å². The van der Waals surface area contributed by atoms with Crippen molar-refractivity contribution in [2.75, 3.05) is 19.7 Å². The van der Waals surface area contributed by atoms with Gasteiger partial charge in [0.15, 0.2) is 0 Å². The summed E-state index contributed by atoms with van der Waals surface area (Å²) in [5.74, 6) is -0.410. The predicted octanol–water partition coefficient (Wildman–Crippen LogP) is 2.73. The van der Waals surface area contributed by atoms with Crippen LogP contribution < -0.4 is 5.32 Å². The second-order valence-electron chi connectivity index (χ2n) is 6.36. The number of ether oxygens (including phenoxy) is 1. The molecule has 2 unspecified atom stereocenters. The van der Waals surface area contributed by atoms with Crippen molar-refractivity contribution in [2.45, 2.75) is 39.3 Å². The van der Waals surface area contributed by atoms with Crippen LogP contribution in [0.2, 0.25) is 5.02 Å². The second-order valence-corrected chi connectivity index (χ2v) is 6.77. The third kappa shape index (κ3) is 4.48. The maximum atomic E-state index is 12.9. The minimum Gasteiger partial charge on any atom is -0.375 e. The lowest BCUT2D eigenvalue weighted by Gasteiger charge is -2.35. The molecule has 1 aromatic rings. The standard InChI is InChI=1S/C18H25ClN2O3/c1-4-13-11-21(9-10-24-13)18(23)16(12(2)3)20-17(22)14-7-5-6-8-15(14)19/h5-8,12-13,16H,4,9-11H2,1-3H3,(H,20,22). The minimum atomic E-state index is -0.579. The molecule has 1 N–H and O–H groups in total. The number of hydrogen-bond acceptors (Lipinski definition) is 3. The van der Waals surface area contributed by atoms with Gasteiger partial charge in [-0.1, -0.05) is 44.5 Å². The van der Waals surface area contributed by atoms with E-state index in [0.717, 1.165) is 6.42 Å². The fourth-order valence-electron chi connectivity index (χ4n) is 2.74. The minimum absolute atomic E-state index is 0.0214. The Morgan fingerprint density at radius 2 is 2.08 bits per heavy atom. The van der Waals surface area contributed by atoms with Gasteiger partial charge in [-0.05, 0) is 24.5 Å². The topological polar surface area (TPSA) is 58.6 Å². The van der Waals surface area contributed by atoms with E-state index in [0.29, 0.717) is 30.3 Å². The average molecular weight is 353 g/mol. The first-order chi connectivity index (χ1) is 11.4. The van der Waals surface area contributed by atoms with Gasteiger partial charge in [0.1, 0.15) is 6.04 Å². The van der Waals surface area contributed by atoms with Crippen molar-refractivity contribution in [1.82, 2.24) is 10.2 Å². The molecular formula is C18H25ClN2O3. The number of halogens is 1. The lowest BCUT2D eigenvalue weighted by molar-refractivity contribution is -0.142. The van der Waals surface area contributed by atoms with Gasteiger partial charge in [0, 0.05) is 13.1 Å². The summed E-state index contributed by atoms with van der Waals surface area (Å²) >= 11 is 6.08. The van der Waals surface area contributed by atoms with Crippen LogP contribution in [0.5, 0.6) is 0 Å². The Hall–Kier alpha value is -1.59. The molecule has 2 amide bonds. The van der Waals surface area contributed by atoms with Gasteiger partial charge in [-0.3, -0.25) is 9.59 Å². The van der Waals surface area contributed by atoms with E-state index in [1.54, 1.807) is 29.2 Å². The number of carbonyl (C=O) groups is 2. The number of nitrogens with zero attached hydrogens (tertiary/aromatic N) is 1. The van der Waals surface area contributed by atoms with Crippen LogP contribution in [0.15, 0.2) is 24.3 Å². The van der Waals surface area contributed by atoms with Crippen LogP contribution >= 0.6 is 11.6 Å². The van der Waals surface area contributed by atoms with Gasteiger partial charge in [0.25, 0.3) is 5.91 Å². The molecule has 0 saturated carbocycles. The molecule has 1 heterocycles. The number of benzene rings is 1. The number of hydrogen-bond donors (Lipinski definition) is 1. The number of morpholine rings is 1. The summed E-state index contributed by atoms with van der Waals surface area (Å²) in [6.45, 7) is 7.55. The highest BCUT2D eigenvalue weighted by atomic mass is 35.5. The molecule has 0 aromatic heterocycles. The van der Waals surface area contributed by atoms with E-state index < -0.39 is 6.04 Å². The third-order valence-electron chi connectivity index (χ3n) is 4.24. The lowest BCUT2D eigenvalue weighted by Crippen LogP contribution is -2.55. The molecule has 1 saturated heterocycles. The first-order valence-corrected chi connectivity index (χ1v) is 8.77. The molecule has 1 aliphatic rings. The Balaban J connectivity index is 2.10. The first-order valence-electron chi connectivity index (χ1n) is 8.39. The van der Waals surface area contributed by atoms with Gasteiger partial charge in [0.05, 0.1) is 23.3 Å². The van der Waals surface area contributed by atoms with Crippen LogP contribution in [0.3, 0.4) is 0 Å². The Labute approximate surface area is 148 Å². The van der Waals surface area contributed by atoms with Crippen molar-refractivity contribution in [3.05, 3.63) is 34.9 Å². The van der Waals surface area contributed by atoms with Gasteiger partial charge in [-0.2, -0.15) is 0 Å². The normalized spacial score (nSPS) is 19.2. The van der Waals surface area contributed by atoms with E-state index in [2.05, 4.69) is 5.32 Å². The van der Waals surface area contributed by atoms with Gasteiger partial charge in [0.2, 0.25) is 5.91 Å². The van der Waals surface area contributed by atoms with Crippen molar-refractivity contribution in [2.24, 2.45) is 5.92 Å². The summed E-state index contributed by atoms with van der Waals surface area (Å²) in [6, 6.07) is 6.26. The zero-order valence-corrected chi connectivity index (χ0v) is 15.2. The Morgan fingerprint density at radius 1 is 1.38 bits per heavy atom. The predicted molar refractivity (Wildman–Crippen MR) is 94.2 cm³/mol. The van der Waals surface area contributed by atoms with Crippen LogP contribution in [0.25, 0.3) is 0 Å². The third-order valence-corrected chi connectivity index (χ3v) is 4.57. The van der Waals surface area contributed by atoms with Crippen molar-refractivity contribution in [3.8, 4) is 0 Å². The largest absolute Gasteiger partial charge is 0.375 e. The monoisotopic (exact) mass is 352 g/mol. The second kappa shape index (κ2) is 8.49. The van der Waals surface area contributed by atoms with Gasteiger partial charge >= 0.3 is 0 Å². The Kier molecular flexibility index (Phi) is 6.63. The van der Waals surface area contributed by atoms with Crippen LogP contribution in [0.4, 0.5) is 0 Å². The van der Waals surface area contributed by atoms with E-state index in [9.17, 15) is 9.59 Å². The fourth-order valence-corrected chi connectivity index (χ4v) is 2.96. The summed E-state index contributed by atoms with van der Waals surface area (Å²) in [6.07, 6.45) is 0.928. The molecule has 1 aliphatic heterocycles. The smallest absolute Gasteiger partial charge is 0.253 e. The zero-order chi connectivity index (χ0) is 17.7. The fraction of sp³-hybridized carbons (Fsp3) is 0.556. The molecule has 0 aliphatic carbocycles. The molecule has 0 bridgehead atoms.